The number of piperazine rings is 1. The SMILES string of the molecule is CC1CNCCN1Cc1coc(-c2ccccc2)n1. The molecule has 100 valence electrons. The first kappa shape index (κ1) is 12.4. The lowest BCUT2D eigenvalue weighted by atomic mass is 10.2. The molecule has 0 saturated carbocycles. The minimum absolute atomic E-state index is 0.547. The van der Waals surface area contributed by atoms with Crippen LogP contribution < -0.4 is 5.32 Å². The highest BCUT2D eigenvalue weighted by atomic mass is 16.3. The number of nitrogens with one attached hydrogen (secondary N) is 1. The summed E-state index contributed by atoms with van der Waals surface area (Å²) in [6.45, 7) is 6.26. The first-order valence-corrected chi connectivity index (χ1v) is 6.77. The molecule has 1 atom stereocenters. The Hall–Kier alpha value is -1.65. The Morgan fingerprint density at radius 3 is 3.00 bits per heavy atom. The third-order valence-corrected chi connectivity index (χ3v) is 3.58. The fourth-order valence-corrected chi connectivity index (χ4v) is 2.42. The minimum atomic E-state index is 0.547. The van der Waals surface area contributed by atoms with E-state index < -0.39 is 0 Å². The average Bonchev–Trinajstić information content (AvgIpc) is 2.91. The molecular weight excluding hydrogens is 238 g/mol. The number of aromatic nitrogens is 1. The molecule has 1 aliphatic heterocycles. The summed E-state index contributed by atoms with van der Waals surface area (Å²) in [6.07, 6.45) is 1.77. The molecule has 0 aliphatic carbocycles. The van der Waals surface area contributed by atoms with Crippen LogP contribution in [0.2, 0.25) is 0 Å². The highest BCUT2D eigenvalue weighted by molar-refractivity contribution is 5.52. The fourth-order valence-electron chi connectivity index (χ4n) is 2.42. The van der Waals surface area contributed by atoms with Gasteiger partial charge in [-0.1, -0.05) is 18.2 Å². The molecule has 1 fully saturated rings. The van der Waals surface area contributed by atoms with Crippen LogP contribution in [0.25, 0.3) is 11.5 Å². The van der Waals surface area contributed by atoms with Crippen molar-refractivity contribution in [2.75, 3.05) is 19.6 Å². The standard InChI is InChI=1S/C15H19N3O/c1-12-9-16-7-8-18(12)10-14-11-19-15(17-14)13-5-3-2-4-6-13/h2-6,11-12,16H,7-10H2,1H3. The third kappa shape index (κ3) is 2.85. The summed E-state index contributed by atoms with van der Waals surface area (Å²) in [4.78, 5) is 7.01. The van der Waals surface area contributed by atoms with Gasteiger partial charge in [-0.05, 0) is 19.1 Å². The third-order valence-electron chi connectivity index (χ3n) is 3.58. The van der Waals surface area contributed by atoms with E-state index in [1.807, 2.05) is 30.3 Å². The number of hydrogen-bond acceptors (Lipinski definition) is 4. The monoisotopic (exact) mass is 257 g/mol. The number of rotatable bonds is 3. The molecule has 3 rings (SSSR count). The lowest BCUT2D eigenvalue weighted by molar-refractivity contribution is 0.163. The largest absolute Gasteiger partial charge is 0.444 e. The Morgan fingerprint density at radius 1 is 1.37 bits per heavy atom. The molecule has 1 saturated heterocycles. The van der Waals surface area contributed by atoms with Gasteiger partial charge in [-0.2, -0.15) is 0 Å². The van der Waals surface area contributed by atoms with Crippen molar-refractivity contribution in [3.05, 3.63) is 42.3 Å². The quantitative estimate of drug-likeness (QED) is 0.914. The van der Waals surface area contributed by atoms with Gasteiger partial charge in [0.2, 0.25) is 5.89 Å². The van der Waals surface area contributed by atoms with E-state index in [1.54, 1.807) is 6.26 Å². The Labute approximate surface area is 113 Å². The minimum Gasteiger partial charge on any atom is -0.444 e. The van der Waals surface area contributed by atoms with Crippen LogP contribution in [0.5, 0.6) is 0 Å². The van der Waals surface area contributed by atoms with Crippen molar-refractivity contribution < 1.29 is 4.42 Å². The molecule has 0 spiro atoms. The van der Waals surface area contributed by atoms with E-state index in [2.05, 4.69) is 22.1 Å². The molecule has 4 nitrogen and oxygen atoms in total. The second-order valence-corrected chi connectivity index (χ2v) is 5.03. The second kappa shape index (κ2) is 5.55. The van der Waals surface area contributed by atoms with Crippen molar-refractivity contribution in [3.63, 3.8) is 0 Å². The maximum Gasteiger partial charge on any atom is 0.226 e. The van der Waals surface area contributed by atoms with Gasteiger partial charge in [0.1, 0.15) is 6.26 Å². The van der Waals surface area contributed by atoms with Gasteiger partial charge < -0.3 is 9.73 Å². The summed E-state index contributed by atoms with van der Waals surface area (Å²) in [6, 6.07) is 10.6. The fraction of sp³-hybridized carbons (Fsp3) is 0.400. The molecule has 1 unspecified atom stereocenters. The zero-order valence-electron chi connectivity index (χ0n) is 11.2. The maximum absolute atomic E-state index is 5.57. The van der Waals surface area contributed by atoms with E-state index in [0.717, 1.165) is 37.4 Å². The van der Waals surface area contributed by atoms with Crippen molar-refractivity contribution in [3.8, 4) is 11.5 Å². The lowest BCUT2D eigenvalue weighted by Crippen LogP contribution is -2.49. The van der Waals surface area contributed by atoms with Crippen LogP contribution in [0.15, 0.2) is 41.0 Å². The van der Waals surface area contributed by atoms with Crippen LogP contribution in [-0.2, 0) is 6.54 Å². The molecule has 1 aliphatic rings. The first-order chi connectivity index (χ1) is 9.33. The zero-order valence-corrected chi connectivity index (χ0v) is 11.2. The number of hydrogen-bond donors (Lipinski definition) is 1. The van der Waals surface area contributed by atoms with Gasteiger partial charge in [-0.25, -0.2) is 4.98 Å². The van der Waals surface area contributed by atoms with Crippen LogP contribution in [0.1, 0.15) is 12.6 Å². The highest BCUT2D eigenvalue weighted by Gasteiger charge is 2.19. The second-order valence-electron chi connectivity index (χ2n) is 5.03. The Morgan fingerprint density at radius 2 is 2.21 bits per heavy atom. The van der Waals surface area contributed by atoms with E-state index >= 15 is 0 Å². The van der Waals surface area contributed by atoms with Crippen LogP contribution in [0.3, 0.4) is 0 Å². The van der Waals surface area contributed by atoms with Crippen molar-refractivity contribution in [2.45, 2.75) is 19.5 Å². The summed E-state index contributed by atoms with van der Waals surface area (Å²) in [5.74, 6) is 0.707. The van der Waals surface area contributed by atoms with Crippen molar-refractivity contribution in [2.24, 2.45) is 0 Å². The summed E-state index contributed by atoms with van der Waals surface area (Å²) < 4.78 is 5.57. The molecule has 4 heteroatoms. The van der Waals surface area contributed by atoms with E-state index in [1.165, 1.54) is 0 Å². The van der Waals surface area contributed by atoms with Crippen molar-refractivity contribution >= 4 is 0 Å². The smallest absolute Gasteiger partial charge is 0.226 e. The zero-order chi connectivity index (χ0) is 13.1. The van der Waals surface area contributed by atoms with E-state index in [-0.39, 0.29) is 0 Å². The van der Waals surface area contributed by atoms with Gasteiger partial charge in [0.25, 0.3) is 0 Å². The van der Waals surface area contributed by atoms with Gasteiger partial charge in [0, 0.05) is 37.8 Å². The Balaban J connectivity index is 1.71. The maximum atomic E-state index is 5.57. The molecule has 0 amide bonds. The lowest BCUT2D eigenvalue weighted by Gasteiger charge is -2.33. The van der Waals surface area contributed by atoms with Gasteiger partial charge in [0.05, 0.1) is 5.69 Å². The van der Waals surface area contributed by atoms with E-state index in [0.29, 0.717) is 11.9 Å². The molecular formula is C15H19N3O. The predicted molar refractivity (Wildman–Crippen MR) is 74.7 cm³/mol. The molecule has 1 N–H and O–H groups in total. The summed E-state index contributed by atoms with van der Waals surface area (Å²) in [5, 5.41) is 3.40. The number of nitrogens with zero attached hydrogens (tertiary/aromatic N) is 2. The van der Waals surface area contributed by atoms with Gasteiger partial charge >= 0.3 is 0 Å². The first-order valence-electron chi connectivity index (χ1n) is 6.77. The highest BCUT2D eigenvalue weighted by Crippen LogP contribution is 2.19. The van der Waals surface area contributed by atoms with Gasteiger partial charge in [-0.3, -0.25) is 4.90 Å². The number of benzene rings is 1. The molecule has 1 aromatic heterocycles. The van der Waals surface area contributed by atoms with Gasteiger partial charge in [0.15, 0.2) is 0 Å². The summed E-state index contributed by atoms with van der Waals surface area (Å²) in [5.41, 5.74) is 2.04. The topological polar surface area (TPSA) is 41.3 Å². The van der Waals surface area contributed by atoms with Crippen LogP contribution in [0.4, 0.5) is 0 Å². The van der Waals surface area contributed by atoms with Crippen molar-refractivity contribution in [1.29, 1.82) is 0 Å². The Bertz CT molecular complexity index is 523. The number of oxazole rings is 1. The van der Waals surface area contributed by atoms with Crippen LogP contribution in [-0.4, -0.2) is 35.6 Å². The molecule has 1 aromatic carbocycles. The summed E-state index contributed by atoms with van der Waals surface area (Å²) in [7, 11) is 0. The van der Waals surface area contributed by atoms with Crippen LogP contribution >= 0.6 is 0 Å². The molecule has 2 aromatic rings. The average molecular weight is 257 g/mol. The van der Waals surface area contributed by atoms with E-state index in [9.17, 15) is 0 Å². The molecule has 19 heavy (non-hydrogen) atoms. The molecule has 2 heterocycles. The Kier molecular flexibility index (Phi) is 3.62. The van der Waals surface area contributed by atoms with Crippen LogP contribution in [0, 0.1) is 0 Å². The van der Waals surface area contributed by atoms with E-state index in [4.69, 9.17) is 4.42 Å². The molecule has 0 radical (unpaired) electrons. The predicted octanol–water partition coefficient (Wildman–Crippen LogP) is 2.14. The summed E-state index contributed by atoms with van der Waals surface area (Å²) >= 11 is 0. The normalized spacial score (nSPS) is 20.6. The van der Waals surface area contributed by atoms with Crippen molar-refractivity contribution in [1.82, 2.24) is 15.2 Å². The molecule has 0 bridgehead atoms. The van der Waals surface area contributed by atoms with Gasteiger partial charge in [-0.15, -0.1) is 0 Å².